The van der Waals surface area contributed by atoms with Crippen molar-refractivity contribution in [3.8, 4) is 11.4 Å². The number of nitrogens with zero attached hydrogens (tertiary/aromatic N) is 3. The van der Waals surface area contributed by atoms with Gasteiger partial charge in [-0.15, -0.1) is 11.3 Å². The highest BCUT2D eigenvalue weighted by Crippen LogP contribution is 2.27. The fourth-order valence-electron chi connectivity index (χ4n) is 3.74. The van der Waals surface area contributed by atoms with Crippen LogP contribution in [0.4, 0.5) is 5.13 Å². The molecule has 3 aromatic rings. The number of benzene rings is 1. The standard InChI is InChI=1S/C22H24N4O3S2/c1-2-17-7-4-6-14-26(17)31(28,29)18-11-9-16(10-12-18)21(27)25-22-24-20(15-30-22)19-8-3-5-13-23-19/h3,5,8-13,15,17H,2,4,6-7,14H2,1H3,(H,24,25,27). The Kier molecular flexibility index (Phi) is 6.45. The molecule has 0 aliphatic carbocycles. The summed E-state index contributed by atoms with van der Waals surface area (Å²) in [7, 11) is -3.57. The van der Waals surface area contributed by atoms with Crippen LogP contribution in [-0.2, 0) is 10.0 Å². The molecule has 1 fully saturated rings. The molecule has 1 saturated heterocycles. The molecule has 9 heteroatoms. The smallest absolute Gasteiger partial charge is 0.257 e. The summed E-state index contributed by atoms with van der Waals surface area (Å²) in [5.74, 6) is -0.338. The van der Waals surface area contributed by atoms with E-state index < -0.39 is 10.0 Å². The van der Waals surface area contributed by atoms with E-state index in [0.29, 0.717) is 22.9 Å². The summed E-state index contributed by atoms with van der Waals surface area (Å²) in [6.07, 6.45) is 5.32. The molecule has 1 N–H and O–H groups in total. The third-order valence-electron chi connectivity index (χ3n) is 5.42. The molecule has 0 spiro atoms. The molecule has 1 unspecified atom stereocenters. The van der Waals surface area contributed by atoms with Gasteiger partial charge in [0.05, 0.1) is 10.6 Å². The number of rotatable bonds is 6. The van der Waals surface area contributed by atoms with E-state index in [0.717, 1.165) is 31.4 Å². The summed E-state index contributed by atoms with van der Waals surface area (Å²) in [6, 6.07) is 11.7. The maximum atomic E-state index is 13.1. The number of nitrogens with one attached hydrogen (secondary N) is 1. The number of piperidine rings is 1. The fourth-order valence-corrected chi connectivity index (χ4v) is 6.21. The van der Waals surface area contributed by atoms with Crippen molar-refractivity contribution in [2.45, 2.75) is 43.5 Å². The largest absolute Gasteiger partial charge is 0.298 e. The van der Waals surface area contributed by atoms with Gasteiger partial charge in [-0.25, -0.2) is 13.4 Å². The number of thiazole rings is 1. The number of hydrogen-bond donors (Lipinski definition) is 1. The second-order valence-electron chi connectivity index (χ2n) is 7.40. The van der Waals surface area contributed by atoms with Crippen molar-refractivity contribution in [1.82, 2.24) is 14.3 Å². The highest BCUT2D eigenvalue weighted by Gasteiger charge is 2.32. The fraction of sp³-hybridized carbons (Fsp3) is 0.318. The zero-order valence-electron chi connectivity index (χ0n) is 17.2. The third kappa shape index (κ3) is 4.68. The molecular weight excluding hydrogens is 432 g/mol. The number of pyridine rings is 1. The zero-order chi connectivity index (χ0) is 21.8. The van der Waals surface area contributed by atoms with Gasteiger partial charge in [0.15, 0.2) is 5.13 Å². The molecule has 7 nitrogen and oxygen atoms in total. The van der Waals surface area contributed by atoms with Crippen molar-refractivity contribution < 1.29 is 13.2 Å². The lowest BCUT2D eigenvalue weighted by atomic mass is 10.0. The Bertz CT molecular complexity index is 1150. The Labute approximate surface area is 186 Å². The van der Waals surface area contributed by atoms with E-state index in [9.17, 15) is 13.2 Å². The number of carbonyl (C=O) groups is 1. The van der Waals surface area contributed by atoms with Crippen LogP contribution in [0, 0.1) is 0 Å². The van der Waals surface area contributed by atoms with Crippen molar-refractivity contribution in [2.75, 3.05) is 11.9 Å². The Morgan fingerprint density at radius 2 is 1.97 bits per heavy atom. The third-order valence-corrected chi connectivity index (χ3v) is 8.14. The van der Waals surface area contributed by atoms with E-state index in [4.69, 9.17) is 0 Å². The average molecular weight is 457 g/mol. The highest BCUT2D eigenvalue weighted by atomic mass is 32.2. The van der Waals surface area contributed by atoms with E-state index in [1.165, 1.54) is 23.5 Å². The second kappa shape index (κ2) is 9.25. The van der Waals surface area contributed by atoms with Crippen molar-refractivity contribution in [1.29, 1.82) is 0 Å². The monoisotopic (exact) mass is 456 g/mol. The highest BCUT2D eigenvalue weighted by molar-refractivity contribution is 7.89. The van der Waals surface area contributed by atoms with Gasteiger partial charge < -0.3 is 0 Å². The molecule has 0 radical (unpaired) electrons. The van der Waals surface area contributed by atoms with Gasteiger partial charge >= 0.3 is 0 Å². The van der Waals surface area contributed by atoms with E-state index >= 15 is 0 Å². The molecular formula is C22H24N4O3S2. The molecule has 162 valence electrons. The van der Waals surface area contributed by atoms with Gasteiger partial charge in [0, 0.05) is 29.7 Å². The molecule has 1 aliphatic heterocycles. The maximum absolute atomic E-state index is 13.1. The van der Waals surface area contributed by atoms with E-state index in [2.05, 4.69) is 15.3 Å². The number of carbonyl (C=O) groups excluding carboxylic acids is 1. The number of sulfonamides is 1. The molecule has 0 bridgehead atoms. The van der Waals surface area contributed by atoms with Crippen molar-refractivity contribution in [3.05, 3.63) is 59.6 Å². The predicted octanol–water partition coefficient (Wildman–Crippen LogP) is 4.41. The lowest BCUT2D eigenvalue weighted by molar-refractivity contribution is 0.102. The van der Waals surface area contributed by atoms with Crippen LogP contribution in [0.5, 0.6) is 0 Å². The van der Waals surface area contributed by atoms with E-state index in [1.807, 2.05) is 30.5 Å². The molecule has 3 heterocycles. The first-order chi connectivity index (χ1) is 15.0. The number of anilines is 1. The van der Waals surface area contributed by atoms with Gasteiger partial charge in [0.2, 0.25) is 10.0 Å². The molecule has 1 amide bonds. The summed E-state index contributed by atoms with van der Waals surface area (Å²) in [4.78, 5) is 21.5. The van der Waals surface area contributed by atoms with Crippen LogP contribution in [0.1, 0.15) is 43.0 Å². The molecule has 0 saturated carbocycles. The number of amides is 1. The Hall–Kier alpha value is -2.62. The first-order valence-corrected chi connectivity index (χ1v) is 12.6. The first kappa shape index (κ1) is 21.6. The SMILES string of the molecule is CCC1CCCCN1S(=O)(=O)c1ccc(C(=O)Nc2nc(-c3ccccn3)cs2)cc1. The van der Waals surface area contributed by atoms with Crippen molar-refractivity contribution in [2.24, 2.45) is 0 Å². The van der Waals surface area contributed by atoms with E-state index in [-0.39, 0.29) is 16.8 Å². The van der Waals surface area contributed by atoms with Crippen LogP contribution >= 0.6 is 11.3 Å². The minimum absolute atomic E-state index is 0.0416. The van der Waals surface area contributed by atoms with Crippen LogP contribution < -0.4 is 5.32 Å². The summed E-state index contributed by atoms with van der Waals surface area (Å²) < 4.78 is 27.8. The summed E-state index contributed by atoms with van der Waals surface area (Å²) in [5.41, 5.74) is 1.80. The van der Waals surface area contributed by atoms with Crippen LogP contribution in [0.2, 0.25) is 0 Å². The predicted molar refractivity (Wildman–Crippen MR) is 122 cm³/mol. The maximum Gasteiger partial charge on any atom is 0.257 e. The lowest BCUT2D eigenvalue weighted by Gasteiger charge is -2.34. The van der Waals surface area contributed by atoms with Crippen LogP contribution in [-0.4, -0.2) is 41.2 Å². The van der Waals surface area contributed by atoms with Gasteiger partial charge in [-0.3, -0.25) is 15.1 Å². The summed E-state index contributed by atoms with van der Waals surface area (Å²) >= 11 is 1.31. The van der Waals surface area contributed by atoms with E-state index in [1.54, 1.807) is 22.6 Å². The summed E-state index contributed by atoms with van der Waals surface area (Å²) in [5, 5.41) is 5.06. The van der Waals surface area contributed by atoms with Gasteiger partial charge in [0.25, 0.3) is 5.91 Å². The molecule has 4 rings (SSSR count). The van der Waals surface area contributed by atoms with Gasteiger partial charge in [-0.1, -0.05) is 19.4 Å². The Balaban J connectivity index is 1.47. The summed E-state index contributed by atoms with van der Waals surface area (Å²) in [6.45, 7) is 2.57. The van der Waals surface area contributed by atoms with Crippen LogP contribution in [0.15, 0.2) is 58.9 Å². The van der Waals surface area contributed by atoms with Crippen molar-refractivity contribution >= 4 is 32.4 Å². The Morgan fingerprint density at radius 3 is 2.68 bits per heavy atom. The molecule has 2 aromatic heterocycles. The van der Waals surface area contributed by atoms with Gasteiger partial charge in [-0.05, 0) is 55.7 Å². The first-order valence-electron chi connectivity index (χ1n) is 10.3. The second-order valence-corrected chi connectivity index (χ2v) is 10.2. The molecule has 31 heavy (non-hydrogen) atoms. The molecule has 1 atom stereocenters. The number of aromatic nitrogens is 2. The minimum Gasteiger partial charge on any atom is -0.298 e. The Morgan fingerprint density at radius 1 is 1.16 bits per heavy atom. The van der Waals surface area contributed by atoms with Crippen LogP contribution in [0.3, 0.4) is 0 Å². The average Bonchev–Trinajstić information content (AvgIpc) is 3.28. The topological polar surface area (TPSA) is 92.3 Å². The zero-order valence-corrected chi connectivity index (χ0v) is 18.8. The van der Waals surface area contributed by atoms with Gasteiger partial charge in [-0.2, -0.15) is 4.31 Å². The lowest BCUT2D eigenvalue weighted by Crippen LogP contribution is -2.43. The quantitative estimate of drug-likeness (QED) is 0.593. The van der Waals surface area contributed by atoms with Crippen molar-refractivity contribution in [3.63, 3.8) is 0 Å². The molecule has 1 aromatic carbocycles. The van der Waals surface area contributed by atoms with Crippen LogP contribution in [0.25, 0.3) is 11.4 Å². The van der Waals surface area contributed by atoms with Gasteiger partial charge in [0.1, 0.15) is 5.69 Å². The molecule has 1 aliphatic rings. The normalized spacial score (nSPS) is 17.4. The number of hydrogen-bond acceptors (Lipinski definition) is 6. The minimum atomic E-state index is -3.57.